The molecule has 6 heteroatoms. The smallest absolute Gasteiger partial charge is 0.346 e. The number of aryl methyl sites for hydroxylation is 1. The Morgan fingerprint density at radius 1 is 1.57 bits per heavy atom. The van der Waals surface area contributed by atoms with E-state index in [-0.39, 0.29) is 17.2 Å². The fourth-order valence-electron chi connectivity index (χ4n) is 0.929. The SMILES string of the molecule is CCOC(=O)c1c(O)nc(C)nc1S. The van der Waals surface area contributed by atoms with Crippen molar-refractivity contribution < 1.29 is 14.6 Å². The molecule has 0 aliphatic carbocycles. The lowest BCUT2D eigenvalue weighted by atomic mass is 10.3. The zero-order valence-electron chi connectivity index (χ0n) is 7.81. The van der Waals surface area contributed by atoms with E-state index in [0.717, 1.165) is 0 Å². The molecular weight excluding hydrogens is 204 g/mol. The molecule has 1 N–H and O–H groups in total. The van der Waals surface area contributed by atoms with Crippen LogP contribution in [-0.4, -0.2) is 27.7 Å². The number of aromatic nitrogens is 2. The second-order valence-electron chi connectivity index (χ2n) is 2.51. The molecule has 1 aromatic rings. The standard InChI is InChI=1S/C8H10N2O3S/c1-3-13-8(12)5-6(11)9-4(2)10-7(5)14/h3H2,1-2H3,(H2,9,10,11,14). The number of aromatic hydroxyl groups is 1. The summed E-state index contributed by atoms with van der Waals surface area (Å²) in [7, 11) is 0. The molecule has 0 unspecified atom stereocenters. The van der Waals surface area contributed by atoms with E-state index in [1.165, 1.54) is 0 Å². The van der Waals surface area contributed by atoms with Gasteiger partial charge >= 0.3 is 5.97 Å². The van der Waals surface area contributed by atoms with E-state index in [9.17, 15) is 9.90 Å². The number of carbonyl (C=O) groups is 1. The van der Waals surface area contributed by atoms with E-state index in [4.69, 9.17) is 4.74 Å². The molecule has 14 heavy (non-hydrogen) atoms. The van der Waals surface area contributed by atoms with Crippen molar-refractivity contribution >= 4 is 18.6 Å². The van der Waals surface area contributed by atoms with Gasteiger partial charge in [0.15, 0.2) is 5.56 Å². The van der Waals surface area contributed by atoms with Gasteiger partial charge in [-0.05, 0) is 13.8 Å². The number of nitrogens with zero attached hydrogens (tertiary/aromatic N) is 2. The van der Waals surface area contributed by atoms with Crippen molar-refractivity contribution in [2.45, 2.75) is 18.9 Å². The summed E-state index contributed by atoms with van der Waals surface area (Å²) in [6, 6.07) is 0. The van der Waals surface area contributed by atoms with Gasteiger partial charge in [-0.25, -0.2) is 9.78 Å². The first kappa shape index (κ1) is 10.8. The molecule has 0 amide bonds. The van der Waals surface area contributed by atoms with E-state index in [1.54, 1.807) is 13.8 Å². The highest BCUT2D eigenvalue weighted by molar-refractivity contribution is 7.80. The van der Waals surface area contributed by atoms with Gasteiger partial charge in [-0.1, -0.05) is 0 Å². The second kappa shape index (κ2) is 4.28. The molecule has 0 fully saturated rings. The van der Waals surface area contributed by atoms with Gasteiger partial charge in [0.1, 0.15) is 10.9 Å². The molecule has 0 bridgehead atoms. The van der Waals surface area contributed by atoms with Gasteiger partial charge < -0.3 is 9.84 Å². The van der Waals surface area contributed by atoms with Crippen LogP contribution in [0.4, 0.5) is 0 Å². The fraction of sp³-hybridized carbons (Fsp3) is 0.375. The molecule has 0 saturated carbocycles. The Kier molecular flexibility index (Phi) is 3.29. The van der Waals surface area contributed by atoms with Crippen LogP contribution < -0.4 is 0 Å². The van der Waals surface area contributed by atoms with Gasteiger partial charge in [0.05, 0.1) is 6.61 Å². The van der Waals surface area contributed by atoms with Crippen LogP contribution in [0.5, 0.6) is 5.88 Å². The van der Waals surface area contributed by atoms with Crippen LogP contribution >= 0.6 is 12.6 Å². The third-order valence-electron chi connectivity index (χ3n) is 1.46. The van der Waals surface area contributed by atoms with Gasteiger partial charge in [-0.3, -0.25) is 0 Å². The first-order valence-corrected chi connectivity index (χ1v) is 4.44. The summed E-state index contributed by atoms with van der Waals surface area (Å²) >= 11 is 3.96. The van der Waals surface area contributed by atoms with Crippen LogP contribution in [0.2, 0.25) is 0 Å². The Labute approximate surface area is 86.6 Å². The van der Waals surface area contributed by atoms with Gasteiger partial charge in [0.25, 0.3) is 0 Å². The molecule has 0 aliphatic heterocycles. The maximum Gasteiger partial charge on any atom is 0.346 e. The number of hydrogen-bond acceptors (Lipinski definition) is 6. The zero-order valence-corrected chi connectivity index (χ0v) is 8.71. The Bertz CT molecular complexity index is 345. The molecule has 1 aromatic heterocycles. The van der Waals surface area contributed by atoms with Crippen molar-refractivity contribution in [2.75, 3.05) is 6.61 Å². The largest absolute Gasteiger partial charge is 0.493 e. The highest BCUT2D eigenvalue weighted by Crippen LogP contribution is 2.21. The van der Waals surface area contributed by atoms with E-state index in [0.29, 0.717) is 5.82 Å². The van der Waals surface area contributed by atoms with Gasteiger partial charge in [-0.2, -0.15) is 4.98 Å². The van der Waals surface area contributed by atoms with Crippen LogP contribution in [0.15, 0.2) is 5.03 Å². The average molecular weight is 214 g/mol. The summed E-state index contributed by atoms with van der Waals surface area (Å²) in [4.78, 5) is 18.7. The van der Waals surface area contributed by atoms with Gasteiger partial charge in [0, 0.05) is 0 Å². The highest BCUT2D eigenvalue weighted by atomic mass is 32.1. The lowest BCUT2D eigenvalue weighted by molar-refractivity contribution is 0.0516. The minimum atomic E-state index is -0.671. The van der Waals surface area contributed by atoms with Crippen molar-refractivity contribution in [2.24, 2.45) is 0 Å². The Morgan fingerprint density at radius 3 is 2.71 bits per heavy atom. The number of ether oxygens (including phenoxy) is 1. The number of carbonyl (C=O) groups excluding carboxylic acids is 1. The fourth-order valence-corrected chi connectivity index (χ4v) is 1.27. The van der Waals surface area contributed by atoms with Crippen molar-refractivity contribution in [1.29, 1.82) is 0 Å². The molecule has 0 saturated heterocycles. The molecule has 1 rings (SSSR count). The van der Waals surface area contributed by atoms with Crippen molar-refractivity contribution in [3.8, 4) is 5.88 Å². The maximum absolute atomic E-state index is 11.3. The predicted molar refractivity (Wildman–Crippen MR) is 51.6 cm³/mol. The van der Waals surface area contributed by atoms with Crippen LogP contribution in [0.25, 0.3) is 0 Å². The Hall–Kier alpha value is -1.30. The summed E-state index contributed by atoms with van der Waals surface area (Å²) in [5.41, 5.74) is -0.0965. The molecule has 0 aliphatic rings. The summed E-state index contributed by atoms with van der Waals surface area (Å²) in [6.07, 6.45) is 0. The van der Waals surface area contributed by atoms with E-state index < -0.39 is 11.8 Å². The minimum absolute atomic E-state index is 0.0965. The van der Waals surface area contributed by atoms with E-state index >= 15 is 0 Å². The minimum Gasteiger partial charge on any atom is -0.493 e. The highest BCUT2D eigenvalue weighted by Gasteiger charge is 2.18. The first-order chi connectivity index (χ1) is 6.56. The Balaban J connectivity index is 3.14. The monoisotopic (exact) mass is 214 g/mol. The quantitative estimate of drug-likeness (QED) is 0.436. The maximum atomic E-state index is 11.3. The molecule has 0 radical (unpaired) electrons. The van der Waals surface area contributed by atoms with E-state index in [2.05, 4.69) is 22.6 Å². The molecule has 76 valence electrons. The number of hydrogen-bond donors (Lipinski definition) is 2. The molecule has 0 spiro atoms. The average Bonchev–Trinajstić information content (AvgIpc) is 2.01. The van der Waals surface area contributed by atoms with E-state index in [1.807, 2.05) is 0 Å². The molecule has 5 nitrogen and oxygen atoms in total. The van der Waals surface area contributed by atoms with Crippen LogP contribution in [-0.2, 0) is 4.74 Å². The summed E-state index contributed by atoms with van der Waals surface area (Å²) in [5.74, 6) is -0.725. The summed E-state index contributed by atoms with van der Waals surface area (Å²) in [5, 5.41) is 9.49. The molecular formula is C8H10N2O3S. The third kappa shape index (κ3) is 2.14. The van der Waals surface area contributed by atoms with Gasteiger partial charge in [-0.15, -0.1) is 12.6 Å². The normalized spacial score (nSPS) is 9.93. The first-order valence-electron chi connectivity index (χ1n) is 4.00. The van der Waals surface area contributed by atoms with Crippen LogP contribution in [0, 0.1) is 6.92 Å². The van der Waals surface area contributed by atoms with Crippen molar-refractivity contribution in [1.82, 2.24) is 9.97 Å². The van der Waals surface area contributed by atoms with Crippen molar-refractivity contribution in [3.63, 3.8) is 0 Å². The topological polar surface area (TPSA) is 72.3 Å². The van der Waals surface area contributed by atoms with Crippen molar-refractivity contribution in [3.05, 3.63) is 11.4 Å². The van der Waals surface area contributed by atoms with Gasteiger partial charge in [0.2, 0.25) is 5.88 Å². The molecule has 0 aromatic carbocycles. The Morgan fingerprint density at radius 2 is 2.21 bits per heavy atom. The lowest BCUT2D eigenvalue weighted by Crippen LogP contribution is -2.08. The number of rotatable bonds is 2. The lowest BCUT2D eigenvalue weighted by Gasteiger charge is -2.05. The second-order valence-corrected chi connectivity index (χ2v) is 2.94. The summed E-state index contributed by atoms with van der Waals surface area (Å²) < 4.78 is 4.70. The predicted octanol–water partition coefficient (Wildman–Crippen LogP) is 0.956. The number of esters is 1. The molecule has 0 atom stereocenters. The van der Waals surface area contributed by atoms with Crippen LogP contribution in [0.3, 0.4) is 0 Å². The molecule has 1 heterocycles. The third-order valence-corrected chi connectivity index (χ3v) is 1.79. The number of thiol groups is 1. The summed E-state index contributed by atoms with van der Waals surface area (Å²) in [6.45, 7) is 3.48. The zero-order chi connectivity index (χ0) is 10.7. The van der Waals surface area contributed by atoms with Crippen LogP contribution in [0.1, 0.15) is 23.1 Å².